The molecule has 0 saturated heterocycles. The summed E-state index contributed by atoms with van der Waals surface area (Å²) >= 11 is 0. The predicted octanol–water partition coefficient (Wildman–Crippen LogP) is 4.92. The second kappa shape index (κ2) is 8.86. The van der Waals surface area contributed by atoms with E-state index in [-0.39, 0.29) is 27.5 Å². The van der Waals surface area contributed by atoms with E-state index in [1.54, 1.807) is 7.11 Å². The molecule has 0 fully saturated rings. The fourth-order valence-electron chi connectivity index (χ4n) is 3.88. The van der Waals surface area contributed by atoms with Crippen molar-refractivity contribution in [2.75, 3.05) is 7.11 Å². The number of methoxy groups -OCH3 is 1. The van der Waals surface area contributed by atoms with E-state index in [1.165, 1.54) is 36.5 Å². The Kier molecular flexibility index (Phi) is 6.03. The van der Waals surface area contributed by atoms with Crippen LogP contribution in [0.4, 0.5) is 0 Å². The lowest BCUT2D eigenvalue weighted by Gasteiger charge is -2.05. The van der Waals surface area contributed by atoms with Crippen molar-refractivity contribution >= 4 is 20.6 Å². The average molecular weight is 473 g/mol. The van der Waals surface area contributed by atoms with Crippen LogP contribution < -0.4 is 21.7 Å². The average Bonchev–Trinajstić information content (AvgIpc) is 3.15. The topological polar surface area (TPSA) is 9.23 Å². The van der Waals surface area contributed by atoms with E-state index >= 15 is 0 Å². The Bertz CT molecular complexity index is 1180. The molecule has 0 radical (unpaired) electrons. The van der Waals surface area contributed by atoms with Crippen molar-refractivity contribution in [3.05, 3.63) is 109 Å². The summed E-state index contributed by atoms with van der Waals surface area (Å²) in [5.41, 5.74) is 3.84. The third kappa shape index (κ3) is 3.55. The van der Waals surface area contributed by atoms with Gasteiger partial charge in [0.2, 0.25) is 0 Å². The van der Waals surface area contributed by atoms with Crippen LogP contribution in [0.25, 0.3) is 36.5 Å². The summed E-state index contributed by atoms with van der Waals surface area (Å²) in [6.07, 6.45) is 0. The van der Waals surface area contributed by atoms with E-state index in [0.29, 0.717) is 0 Å². The van der Waals surface area contributed by atoms with Crippen molar-refractivity contribution in [2.24, 2.45) is 0 Å². The summed E-state index contributed by atoms with van der Waals surface area (Å²) in [5.74, 6) is 0.880. The highest BCUT2D eigenvalue weighted by atomic mass is 79.9. The maximum atomic E-state index is 5.40. The summed E-state index contributed by atoms with van der Waals surface area (Å²) in [4.78, 5) is 2.72. The molecule has 4 aromatic carbocycles. The molecule has 0 amide bonds. The Morgan fingerprint density at radius 2 is 1.20 bits per heavy atom. The summed E-state index contributed by atoms with van der Waals surface area (Å²) in [7, 11) is 1.56. The van der Waals surface area contributed by atoms with Crippen molar-refractivity contribution in [2.45, 2.75) is 0 Å². The van der Waals surface area contributed by atoms with Crippen molar-refractivity contribution < 1.29 is 21.7 Å². The summed E-state index contributed by atoms with van der Waals surface area (Å²) < 4.78 is 6.79. The lowest BCUT2D eigenvalue weighted by Crippen LogP contribution is -3.00. The Balaban J connectivity index is 0.00000218. The van der Waals surface area contributed by atoms with Crippen LogP contribution in [-0.4, -0.2) is 7.11 Å². The maximum absolute atomic E-state index is 5.40. The molecule has 1 unspecified atom stereocenters. The number of benzene rings is 4. The van der Waals surface area contributed by atoms with Gasteiger partial charge in [-0.2, -0.15) is 0 Å². The molecule has 0 spiro atoms. The van der Waals surface area contributed by atoms with Crippen LogP contribution in [0, 0.1) is 0 Å². The molecule has 1 atom stereocenters. The summed E-state index contributed by atoms with van der Waals surface area (Å²) in [5, 5.41) is 1.33. The van der Waals surface area contributed by atoms with Crippen molar-refractivity contribution in [1.29, 1.82) is 0 Å². The van der Waals surface area contributed by atoms with Crippen molar-refractivity contribution in [3.8, 4) is 32.2 Å². The minimum absolute atomic E-state index is 0. The van der Waals surface area contributed by atoms with Gasteiger partial charge in [0.25, 0.3) is 0 Å². The highest BCUT2D eigenvalue weighted by molar-refractivity contribution is 7.48. The van der Waals surface area contributed by atoms with Crippen LogP contribution in [0.3, 0.4) is 0 Å². The number of hydrogen-bond acceptors (Lipinski definition) is 1. The number of rotatable bonds is 4. The molecule has 30 heavy (non-hydrogen) atoms. The number of hydrogen-bond donors (Lipinski definition) is 0. The molecule has 0 aliphatic heterocycles. The molecule has 0 N–H and O–H groups in total. The molecule has 0 aliphatic carbocycles. The minimum Gasteiger partial charge on any atom is -1.00 e. The molecule has 3 heteroatoms. The highest BCUT2D eigenvalue weighted by Gasteiger charge is 2.30. The van der Waals surface area contributed by atoms with E-state index in [9.17, 15) is 0 Å². The third-order valence-corrected chi connectivity index (χ3v) is 7.59. The zero-order chi connectivity index (χ0) is 19.6. The smallest absolute Gasteiger partial charge is 0.195 e. The van der Waals surface area contributed by atoms with Gasteiger partial charge >= 0.3 is 0 Å². The molecule has 0 bridgehead atoms. The van der Waals surface area contributed by atoms with Gasteiger partial charge in [-0.15, -0.1) is 0 Å². The van der Waals surface area contributed by atoms with Gasteiger partial charge in [-0.3, -0.25) is 0 Å². The van der Waals surface area contributed by atoms with E-state index in [4.69, 9.17) is 4.74 Å². The number of fused-ring (bicyclic) bond motifs is 1. The van der Waals surface area contributed by atoms with E-state index in [0.717, 1.165) is 5.75 Å². The molecule has 1 aromatic heterocycles. The van der Waals surface area contributed by atoms with Gasteiger partial charge in [-0.05, 0) is 54.1 Å². The molecule has 1 nitrogen and oxygen atoms in total. The summed E-state index contributed by atoms with van der Waals surface area (Å²) in [6, 6.07) is 38.9. The van der Waals surface area contributed by atoms with Crippen molar-refractivity contribution in [1.82, 2.24) is 0 Å². The van der Waals surface area contributed by atoms with Crippen LogP contribution >= 0.6 is 10.5 Å². The van der Waals surface area contributed by atoms with Crippen LogP contribution in [0.15, 0.2) is 109 Å². The third-order valence-electron chi connectivity index (χ3n) is 5.20. The van der Waals surface area contributed by atoms with Crippen LogP contribution in [-0.2, 0) is 0 Å². The first-order valence-electron chi connectivity index (χ1n) is 9.69. The van der Waals surface area contributed by atoms with Gasteiger partial charge in [0, 0.05) is 21.4 Å². The van der Waals surface area contributed by atoms with Gasteiger partial charge in [0.15, 0.2) is 14.5 Å². The zero-order valence-corrected chi connectivity index (χ0v) is 19.0. The first-order valence-corrected chi connectivity index (χ1v) is 10.9. The second-order valence-electron chi connectivity index (χ2n) is 6.91. The molecule has 148 valence electrons. The number of halogens is 1. The summed E-state index contributed by atoms with van der Waals surface area (Å²) in [6.45, 7) is 0. The van der Waals surface area contributed by atoms with Crippen LogP contribution in [0.5, 0.6) is 5.75 Å². The largest absolute Gasteiger partial charge is 1.00 e. The zero-order valence-electron chi connectivity index (χ0n) is 16.6. The molecule has 0 saturated carbocycles. The Morgan fingerprint density at radius 3 is 1.87 bits per heavy atom. The van der Waals surface area contributed by atoms with Crippen LogP contribution in [0.1, 0.15) is 0 Å². The normalized spacial score (nSPS) is 11.2. The van der Waals surface area contributed by atoms with Gasteiger partial charge < -0.3 is 21.7 Å². The minimum atomic E-state index is -0.155. The molecular formula is C27H21BrOS. The SMILES string of the molecule is COc1ccc(-c2c(-c3ccccc3)c3ccccc3[s+]2-c2ccccc2)cc1.[Br-]. The van der Waals surface area contributed by atoms with Gasteiger partial charge in [-0.25, -0.2) is 0 Å². The molecule has 0 aliphatic rings. The monoisotopic (exact) mass is 472 g/mol. The Hall–Kier alpha value is -2.88. The number of thiophene rings is 1. The highest BCUT2D eigenvalue weighted by Crippen LogP contribution is 2.55. The lowest BCUT2D eigenvalue weighted by atomic mass is 9.99. The molecule has 1 heterocycles. The van der Waals surface area contributed by atoms with E-state index in [2.05, 4.69) is 109 Å². The first kappa shape index (κ1) is 20.4. The van der Waals surface area contributed by atoms with Crippen LogP contribution in [0.2, 0.25) is 0 Å². The van der Waals surface area contributed by atoms with Gasteiger partial charge in [0.1, 0.15) is 5.75 Å². The maximum Gasteiger partial charge on any atom is 0.195 e. The standard InChI is InChI=1S/C27H21OS.BrH/c1-28-22-18-16-21(17-19-22)27-26(20-10-4-2-5-11-20)24-14-8-9-15-25(24)29(27)23-12-6-3-7-13-23;/h2-19H,1H3;1H/q+1;/p-1. The molecule has 5 aromatic rings. The fraction of sp³-hybridized carbons (Fsp3) is 0.0370. The fourth-order valence-corrected chi connectivity index (χ4v) is 6.43. The molecule has 5 rings (SSSR count). The quantitative estimate of drug-likeness (QED) is 0.337. The Labute approximate surface area is 190 Å². The van der Waals surface area contributed by atoms with Gasteiger partial charge in [0.05, 0.1) is 12.7 Å². The molecular weight excluding hydrogens is 452 g/mol. The van der Waals surface area contributed by atoms with Crippen molar-refractivity contribution in [3.63, 3.8) is 0 Å². The van der Waals surface area contributed by atoms with E-state index in [1.807, 2.05) is 0 Å². The van der Waals surface area contributed by atoms with Gasteiger partial charge in [-0.1, -0.05) is 60.7 Å². The van der Waals surface area contributed by atoms with E-state index < -0.39 is 0 Å². The lowest BCUT2D eigenvalue weighted by molar-refractivity contribution is -0.00000574. The number of ether oxygens (including phenoxy) is 1. The predicted molar refractivity (Wildman–Crippen MR) is 125 cm³/mol. The first-order chi connectivity index (χ1) is 14.4. The second-order valence-corrected chi connectivity index (χ2v) is 8.85. The Morgan fingerprint density at radius 1 is 0.600 bits per heavy atom.